The van der Waals surface area contributed by atoms with Crippen LogP contribution in [0.2, 0.25) is 0 Å². The minimum Gasteiger partial charge on any atom is -0.344 e. The third-order valence-electron chi connectivity index (χ3n) is 4.09. The molecular formula is C14H16N4O2S. The average molecular weight is 304 g/mol. The Bertz CT molecular complexity index is 674. The Morgan fingerprint density at radius 3 is 3.00 bits per heavy atom. The van der Waals surface area contributed by atoms with Crippen LogP contribution in [0.5, 0.6) is 0 Å². The van der Waals surface area contributed by atoms with Crippen molar-refractivity contribution in [3.63, 3.8) is 0 Å². The van der Waals surface area contributed by atoms with E-state index in [-0.39, 0.29) is 17.9 Å². The number of amides is 2. The summed E-state index contributed by atoms with van der Waals surface area (Å²) < 4.78 is 1.96. The summed E-state index contributed by atoms with van der Waals surface area (Å²) in [7, 11) is 0. The molecule has 2 aliphatic rings. The van der Waals surface area contributed by atoms with Crippen LogP contribution in [0, 0.1) is 5.92 Å². The van der Waals surface area contributed by atoms with Crippen molar-refractivity contribution < 1.29 is 9.59 Å². The van der Waals surface area contributed by atoms with Crippen LogP contribution < -0.4 is 5.32 Å². The van der Waals surface area contributed by atoms with Crippen molar-refractivity contribution in [3.05, 3.63) is 23.5 Å². The van der Waals surface area contributed by atoms with Gasteiger partial charge in [0, 0.05) is 30.7 Å². The standard InChI is InChI=1S/C14H16N4O2S/c19-11-3-4-17(13(20)12(16-11)9-1-2-9)7-10-8-18-5-6-21-14(18)15-10/h5-6,8-9,12H,1-4,7H2,(H,16,19). The number of nitrogens with zero attached hydrogens (tertiary/aromatic N) is 3. The van der Waals surface area contributed by atoms with E-state index in [9.17, 15) is 9.59 Å². The van der Waals surface area contributed by atoms with Crippen LogP contribution in [0.1, 0.15) is 25.0 Å². The van der Waals surface area contributed by atoms with E-state index in [4.69, 9.17) is 0 Å². The first-order valence-electron chi connectivity index (χ1n) is 7.20. The smallest absolute Gasteiger partial charge is 0.245 e. The largest absolute Gasteiger partial charge is 0.344 e. The summed E-state index contributed by atoms with van der Waals surface area (Å²) in [5.74, 6) is 0.348. The summed E-state index contributed by atoms with van der Waals surface area (Å²) >= 11 is 1.57. The van der Waals surface area contributed by atoms with Gasteiger partial charge in [-0.2, -0.15) is 0 Å². The predicted octanol–water partition coefficient (Wildman–Crippen LogP) is 1.02. The fraction of sp³-hybridized carbons (Fsp3) is 0.500. The highest BCUT2D eigenvalue weighted by atomic mass is 32.1. The van der Waals surface area contributed by atoms with Gasteiger partial charge in [-0.05, 0) is 18.8 Å². The molecule has 1 atom stereocenters. The molecule has 3 heterocycles. The molecule has 2 aromatic heterocycles. The van der Waals surface area contributed by atoms with Crippen LogP contribution in [-0.2, 0) is 16.1 Å². The number of aromatic nitrogens is 2. The maximum absolute atomic E-state index is 12.6. The van der Waals surface area contributed by atoms with Crippen LogP contribution in [0.25, 0.3) is 4.96 Å². The number of carbonyl (C=O) groups is 2. The Kier molecular flexibility index (Phi) is 2.95. The van der Waals surface area contributed by atoms with Crippen molar-refractivity contribution in [3.8, 4) is 0 Å². The van der Waals surface area contributed by atoms with Gasteiger partial charge in [-0.25, -0.2) is 4.98 Å². The van der Waals surface area contributed by atoms with Gasteiger partial charge in [0.25, 0.3) is 0 Å². The first kappa shape index (κ1) is 12.8. The van der Waals surface area contributed by atoms with E-state index < -0.39 is 0 Å². The first-order chi connectivity index (χ1) is 10.2. The molecule has 1 aliphatic carbocycles. The summed E-state index contributed by atoms with van der Waals surface area (Å²) in [6, 6.07) is -0.330. The molecule has 21 heavy (non-hydrogen) atoms. The molecular weight excluding hydrogens is 288 g/mol. The van der Waals surface area contributed by atoms with Crippen molar-refractivity contribution in [1.29, 1.82) is 0 Å². The van der Waals surface area contributed by atoms with Crippen molar-refractivity contribution >= 4 is 28.1 Å². The Morgan fingerprint density at radius 2 is 2.24 bits per heavy atom. The summed E-state index contributed by atoms with van der Waals surface area (Å²) in [5, 5.41) is 4.86. The molecule has 1 saturated carbocycles. The van der Waals surface area contributed by atoms with E-state index in [0.717, 1.165) is 23.5 Å². The minimum absolute atomic E-state index is 0.0198. The molecule has 2 fully saturated rings. The van der Waals surface area contributed by atoms with Gasteiger partial charge in [-0.15, -0.1) is 11.3 Å². The van der Waals surface area contributed by atoms with Crippen molar-refractivity contribution in [2.75, 3.05) is 6.54 Å². The lowest BCUT2D eigenvalue weighted by Crippen LogP contribution is -2.45. The maximum Gasteiger partial charge on any atom is 0.245 e. The zero-order chi connectivity index (χ0) is 14.4. The fourth-order valence-electron chi connectivity index (χ4n) is 2.80. The number of nitrogens with one attached hydrogen (secondary N) is 1. The summed E-state index contributed by atoms with van der Waals surface area (Å²) in [6.45, 7) is 0.949. The molecule has 1 N–H and O–H groups in total. The number of hydrogen-bond acceptors (Lipinski definition) is 4. The van der Waals surface area contributed by atoms with Crippen LogP contribution in [-0.4, -0.2) is 38.7 Å². The molecule has 1 aliphatic heterocycles. The molecule has 0 radical (unpaired) electrons. The van der Waals surface area contributed by atoms with Gasteiger partial charge in [0.1, 0.15) is 6.04 Å². The third-order valence-corrected chi connectivity index (χ3v) is 4.86. The number of hydrogen-bond donors (Lipinski definition) is 1. The molecule has 0 spiro atoms. The van der Waals surface area contributed by atoms with Gasteiger partial charge >= 0.3 is 0 Å². The molecule has 1 unspecified atom stereocenters. The van der Waals surface area contributed by atoms with Crippen molar-refractivity contribution in [2.45, 2.75) is 31.8 Å². The van der Waals surface area contributed by atoms with E-state index in [1.807, 2.05) is 22.2 Å². The molecule has 0 aromatic carbocycles. The Morgan fingerprint density at radius 1 is 1.38 bits per heavy atom. The number of imidazole rings is 1. The van der Waals surface area contributed by atoms with Crippen molar-refractivity contribution in [1.82, 2.24) is 19.6 Å². The fourth-order valence-corrected chi connectivity index (χ4v) is 3.52. The quantitative estimate of drug-likeness (QED) is 0.921. The molecule has 0 bridgehead atoms. The predicted molar refractivity (Wildman–Crippen MR) is 77.8 cm³/mol. The van der Waals surface area contributed by atoms with Gasteiger partial charge in [-0.1, -0.05) is 0 Å². The monoisotopic (exact) mass is 304 g/mol. The van der Waals surface area contributed by atoms with E-state index in [1.165, 1.54) is 0 Å². The number of carbonyl (C=O) groups excluding carboxylic acids is 2. The Labute approximate surface area is 125 Å². The van der Waals surface area contributed by atoms with Crippen molar-refractivity contribution in [2.24, 2.45) is 5.92 Å². The zero-order valence-electron chi connectivity index (χ0n) is 11.5. The normalized spacial score (nSPS) is 23.4. The van der Waals surface area contributed by atoms with Crippen LogP contribution in [0.4, 0.5) is 0 Å². The molecule has 2 amide bonds. The second-order valence-electron chi connectivity index (χ2n) is 5.72. The summed E-state index contributed by atoms with van der Waals surface area (Å²) in [4.78, 5) is 31.6. The highest BCUT2D eigenvalue weighted by Crippen LogP contribution is 2.34. The van der Waals surface area contributed by atoms with Gasteiger partial charge < -0.3 is 10.2 Å². The van der Waals surface area contributed by atoms with Crippen LogP contribution in [0.3, 0.4) is 0 Å². The van der Waals surface area contributed by atoms with Gasteiger partial charge in [0.2, 0.25) is 11.8 Å². The second kappa shape index (κ2) is 4.84. The molecule has 4 rings (SSSR count). The molecule has 1 saturated heterocycles. The average Bonchev–Trinajstić information content (AvgIpc) is 3.11. The topological polar surface area (TPSA) is 66.7 Å². The van der Waals surface area contributed by atoms with Crippen LogP contribution in [0.15, 0.2) is 17.8 Å². The highest BCUT2D eigenvalue weighted by Gasteiger charge is 2.40. The van der Waals surface area contributed by atoms with E-state index in [0.29, 0.717) is 25.4 Å². The molecule has 110 valence electrons. The zero-order valence-corrected chi connectivity index (χ0v) is 12.3. The van der Waals surface area contributed by atoms with Gasteiger partial charge in [0.05, 0.1) is 12.2 Å². The maximum atomic E-state index is 12.6. The van der Waals surface area contributed by atoms with Gasteiger partial charge in [0.15, 0.2) is 4.96 Å². The summed E-state index contributed by atoms with van der Waals surface area (Å²) in [6.07, 6.45) is 6.34. The Balaban J connectivity index is 1.55. The third kappa shape index (κ3) is 2.42. The second-order valence-corrected chi connectivity index (χ2v) is 6.59. The SMILES string of the molecule is O=C1CCN(Cc2cn3ccsc3n2)C(=O)C(C2CC2)N1. The lowest BCUT2D eigenvalue weighted by molar-refractivity contribution is -0.134. The molecule has 2 aromatic rings. The molecule has 7 heteroatoms. The highest BCUT2D eigenvalue weighted by molar-refractivity contribution is 7.15. The lowest BCUT2D eigenvalue weighted by atomic mass is 10.1. The van der Waals surface area contributed by atoms with E-state index >= 15 is 0 Å². The number of fused-ring (bicyclic) bond motifs is 1. The first-order valence-corrected chi connectivity index (χ1v) is 8.08. The van der Waals surface area contributed by atoms with E-state index in [1.54, 1.807) is 16.2 Å². The minimum atomic E-state index is -0.330. The number of thiazole rings is 1. The Hall–Kier alpha value is -1.89. The molecule has 6 nitrogen and oxygen atoms in total. The number of rotatable bonds is 3. The lowest BCUT2D eigenvalue weighted by Gasteiger charge is -2.23. The van der Waals surface area contributed by atoms with Crippen LogP contribution >= 0.6 is 11.3 Å². The van der Waals surface area contributed by atoms with E-state index in [2.05, 4.69) is 10.3 Å². The summed E-state index contributed by atoms with van der Waals surface area (Å²) in [5.41, 5.74) is 0.874. The van der Waals surface area contributed by atoms with Gasteiger partial charge in [-0.3, -0.25) is 14.0 Å².